The predicted molar refractivity (Wildman–Crippen MR) is 260 cm³/mol. The predicted octanol–water partition coefficient (Wildman–Crippen LogP) is -0.893. The second kappa shape index (κ2) is 28.9. The largest absolute Gasteiger partial charge is 0.468 e. The maximum absolute atomic E-state index is 13.8. The third-order valence-electron chi connectivity index (χ3n) is 9.87. The van der Waals surface area contributed by atoms with Gasteiger partial charge >= 0.3 is 12.1 Å². The SMILES string of the molecule is COC(=O)CN(C)NC(=O)[C@H](Cc1ccccc1)NC(=O)CN(C)NC(=O)[C@H](Cc1ccccc1)NC(=O)CN(C)NC(=O)[C@H](Cc1ccccc1)NC(=O)CN(C)NC(=O)[C@H](C)NC(=O)OC(C)(C)C. The summed E-state index contributed by atoms with van der Waals surface area (Å²) < 4.78 is 9.84. The maximum Gasteiger partial charge on any atom is 0.408 e. The molecule has 0 aliphatic carbocycles. The number of benzene rings is 3. The third-order valence-corrected chi connectivity index (χ3v) is 9.87. The number of ether oxygens (including phenoxy) is 2. The molecule has 8 amide bonds. The summed E-state index contributed by atoms with van der Waals surface area (Å²) in [6.45, 7) is 5.03. The van der Waals surface area contributed by atoms with Crippen molar-refractivity contribution in [2.45, 2.75) is 76.7 Å². The topological polar surface area (TPSA) is 281 Å². The number of esters is 1. The fourth-order valence-electron chi connectivity index (χ4n) is 6.59. The number of nitrogens with one attached hydrogen (secondary N) is 8. The van der Waals surface area contributed by atoms with Crippen LogP contribution in [0.2, 0.25) is 0 Å². The van der Waals surface area contributed by atoms with E-state index < -0.39 is 96.3 Å². The number of methoxy groups -OCH3 is 1. The molecule has 8 N–H and O–H groups in total. The first-order valence-corrected chi connectivity index (χ1v) is 22.6. The molecule has 4 atom stereocenters. The van der Waals surface area contributed by atoms with E-state index in [2.05, 4.69) is 47.7 Å². The van der Waals surface area contributed by atoms with Crippen LogP contribution in [0.15, 0.2) is 91.0 Å². The zero-order chi connectivity index (χ0) is 52.7. The number of carbonyl (C=O) groups is 9. The molecule has 0 aliphatic heterocycles. The molecule has 0 fully saturated rings. The number of likely N-dealkylation sites (N-methyl/N-ethyl adjacent to an activating group) is 4. The van der Waals surface area contributed by atoms with Crippen molar-refractivity contribution >= 4 is 53.4 Å². The molecule has 0 saturated carbocycles. The lowest BCUT2D eigenvalue weighted by atomic mass is 10.1. The highest BCUT2D eigenvalue weighted by Crippen LogP contribution is 2.09. The van der Waals surface area contributed by atoms with Crippen molar-refractivity contribution in [3.63, 3.8) is 0 Å². The summed E-state index contributed by atoms with van der Waals surface area (Å²) in [6.07, 6.45) is -0.574. The van der Waals surface area contributed by atoms with E-state index in [1.807, 2.05) is 6.07 Å². The van der Waals surface area contributed by atoms with Crippen LogP contribution < -0.4 is 43.0 Å². The van der Waals surface area contributed by atoms with Gasteiger partial charge in [-0.3, -0.25) is 60.1 Å². The van der Waals surface area contributed by atoms with E-state index in [4.69, 9.17) is 4.74 Å². The second-order valence-corrected chi connectivity index (χ2v) is 17.7. The van der Waals surface area contributed by atoms with Crippen LogP contribution in [0, 0.1) is 0 Å². The molecule has 386 valence electrons. The monoisotopic (exact) mass is 989 g/mol. The minimum atomic E-state index is -1.17. The number of amides is 8. The van der Waals surface area contributed by atoms with Crippen molar-refractivity contribution in [2.24, 2.45) is 0 Å². The Hall–Kier alpha value is -7.47. The van der Waals surface area contributed by atoms with Crippen molar-refractivity contribution in [1.29, 1.82) is 0 Å². The van der Waals surface area contributed by atoms with Crippen molar-refractivity contribution in [3.05, 3.63) is 108 Å². The van der Waals surface area contributed by atoms with Gasteiger partial charge in [-0.1, -0.05) is 91.0 Å². The third kappa shape index (κ3) is 23.1. The number of alkyl carbamates (subject to hydrolysis) is 1. The zero-order valence-corrected chi connectivity index (χ0v) is 41.7. The first kappa shape index (κ1) is 57.8. The fraction of sp³-hybridized carbons (Fsp3) is 0.438. The number of nitrogens with zero attached hydrogens (tertiary/aromatic N) is 4. The van der Waals surface area contributed by atoms with Crippen LogP contribution in [0.1, 0.15) is 44.4 Å². The van der Waals surface area contributed by atoms with Crippen molar-refractivity contribution in [1.82, 2.24) is 63.0 Å². The molecule has 3 rings (SSSR count). The minimum absolute atomic E-state index is 0.0478. The lowest BCUT2D eigenvalue weighted by molar-refractivity contribution is -0.144. The molecule has 0 radical (unpaired) electrons. The number of hydrogen-bond donors (Lipinski definition) is 8. The van der Waals surface area contributed by atoms with E-state index in [1.54, 1.807) is 106 Å². The van der Waals surface area contributed by atoms with Crippen LogP contribution in [0.3, 0.4) is 0 Å². The van der Waals surface area contributed by atoms with Gasteiger partial charge in [0.05, 0.1) is 26.7 Å². The summed E-state index contributed by atoms with van der Waals surface area (Å²) in [5, 5.41) is 15.3. The summed E-state index contributed by atoms with van der Waals surface area (Å²) in [4.78, 5) is 118. The van der Waals surface area contributed by atoms with Crippen molar-refractivity contribution in [3.8, 4) is 0 Å². The molecule has 3 aromatic rings. The molecule has 23 heteroatoms. The molecule has 0 spiro atoms. The number of rotatable bonds is 26. The minimum Gasteiger partial charge on any atom is -0.468 e. The van der Waals surface area contributed by atoms with Gasteiger partial charge in [0.15, 0.2) is 0 Å². The van der Waals surface area contributed by atoms with Gasteiger partial charge in [0.1, 0.15) is 36.3 Å². The van der Waals surface area contributed by atoms with Gasteiger partial charge in [0, 0.05) is 47.5 Å². The highest BCUT2D eigenvalue weighted by atomic mass is 16.6. The Balaban J connectivity index is 1.64. The summed E-state index contributed by atoms with van der Waals surface area (Å²) in [6, 6.07) is 22.3. The highest BCUT2D eigenvalue weighted by Gasteiger charge is 2.29. The van der Waals surface area contributed by atoms with E-state index >= 15 is 0 Å². The normalized spacial score (nSPS) is 12.9. The quantitative estimate of drug-likeness (QED) is 0.0358. The molecule has 0 aliphatic rings. The Morgan fingerprint density at radius 3 is 1.06 bits per heavy atom. The summed E-state index contributed by atoms with van der Waals surface area (Å²) in [5.41, 5.74) is 11.7. The Kier molecular flexibility index (Phi) is 23.5. The Morgan fingerprint density at radius 1 is 0.465 bits per heavy atom. The fourth-order valence-corrected chi connectivity index (χ4v) is 6.59. The van der Waals surface area contributed by atoms with Crippen molar-refractivity contribution < 1.29 is 52.6 Å². The molecular formula is C48H68N12O11. The van der Waals surface area contributed by atoms with Gasteiger partial charge in [-0.05, 0) is 44.4 Å². The zero-order valence-electron chi connectivity index (χ0n) is 41.7. The molecule has 0 saturated heterocycles. The Morgan fingerprint density at radius 2 is 0.761 bits per heavy atom. The second-order valence-electron chi connectivity index (χ2n) is 17.7. The van der Waals surface area contributed by atoms with Gasteiger partial charge in [0.25, 0.3) is 23.6 Å². The molecule has 71 heavy (non-hydrogen) atoms. The van der Waals surface area contributed by atoms with Crippen LogP contribution in [0.4, 0.5) is 4.79 Å². The Bertz CT molecular complexity index is 2250. The molecule has 3 aromatic carbocycles. The first-order chi connectivity index (χ1) is 33.5. The molecular weight excluding hydrogens is 921 g/mol. The standard InChI is InChI=1S/C48H68N12O11/c1-32(49-47(69)71-48(2,3)4)43(65)53-57(5)28-39(61)50-36(25-33-19-13-10-14-20-33)44(66)54-58(6)29-40(62)51-37(26-34-21-15-11-16-22-34)45(67)55-59(7)30-41(63)52-38(27-35-23-17-12-18-24-35)46(68)56-60(8)31-42(64)70-9/h10-24,32,36-38H,25-31H2,1-9H3,(H,49,69)(H,50,61)(H,51,62)(H,52,63)(H,53,65)(H,54,66)(H,55,67)(H,56,68)/t32-,36-,37-,38-/m0/s1. The van der Waals surface area contributed by atoms with E-state index in [-0.39, 0.29) is 32.4 Å². The number of hydrazine groups is 4. The number of hydrogen-bond acceptors (Lipinski definition) is 15. The van der Waals surface area contributed by atoms with Crippen LogP contribution >= 0.6 is 0 Å². The summed E-state index contributed by atoms with van der Waals surface area (Å²) in [5.74, 6) is -5.08. The highest BCUT2D eigenvalue weighted by molar-refractivity contribution is 5.91. The van der Waals surface area contributed by atoms with Crippen LogP contribution in [0.5, 0.6) is 0 Å². The molecule has 0 unspecified atom stereocenters. The lowest BCUT2D eigenvalue weighted by Crippen LogP contribution is -2.58. The van der Waals surface area contributed by atoms with Crippen molar-refractivity contribution in [2.75, 3.05) is 61.5 Å². The first-order valence-electron chi connectivity index (χ1n) is 22.6. The maximum atomic E-state index is 13.8. The van der Waals surface area contributed by atoms with Gasteiger partial charge in [-0.2, -0.15) is 0 Å². The van der Waals surface area contributed by atoms with Crippen LogP contribution in [-0.2, 0) is 67.1 Å². The summed E-state index contributed by atoms with van der Waals surface area (Å²) in [7, 11) is 6.98. The van der Waals surface area contributed by atoms with Crippen LogP contribution in [-0.4, -0.2) is 165 Å². The molecule has 0 aromatic heterocycles. The average Bonchev–Trinajstić information content (AvgIpc) is 3.28. The Labute approximate surface area is 413 Å². The number of carbonyl (C=O) groups excluding carboxylic acids is 9. The average molecular weight is 989 g/mol. The van der Waals surface area contributed by atoms with E-state index in [9.17, 15) is 43.2 Å². The van der Waals surface area contributed by atoms with Gasteiger partial charge in [-0.15, -0.1) is 0 Å². The van der Waals surface area contributed by atoms with Gasteiger partial charge in [0.2, 0.25) is 17.7 Å². The summed E-state index contributed by atoms with van der Waals surface area (Å²) >= 11 is 0. The lowest BCUT2D eigenvalue weighted by Gasteiger charge is -2.26. The molecule has 23 nitrogen and oxygen atoms in total. The smallest absolute Gasteiger partial charge is 0.408 e. The van der Waals surface area contributed by atoms with Gasteiger partial charge < -0.3 is 30.7 Å². The van der Waals surface area contributed by atoms with Gasteiger partial charge in [-0.25, -0.2) is 24.8 Å². The van der Waals surface area contributed by atoms with E-state index in [0.717, 1.165) is 5.56 Å². The van der Waals surface area contributed by atoms with Crippen LogP contribution in [0.25, 0.3) is 0 Å². The van der Waals surface area contributed by atoms with E-state index in [0.29, 0.717) is 11.1 Å². The molecule has 0 heterocycles. The molecule has 0 bridgehead atoms. The van der Waals surface area contributed by atoms with E-state index in [1.165, 1.54) is 62.3 Å².